The van der Waals surface area contributed by atoms with E-state index >= 15 is 0 Å². The molecule has 0 aliphatic carbocycles. The number of allylic oxidation sites excluding steroid dienone is 1. The van der Waals surface area contributed by atoms with Gasteiger partial charge in [-0.3, -0.25) is 0 Å². The van der Waals surface area contributed by atoms with Crippen LogP contribution >= 0.6 is 0 Å². The number of fused-ring (bicyclic) bond motifs is 1. The molecule has 0 saturated heterocycles. The van der Waals surface area contributed by atoms with E-state index < -0.39 is 0 Å². The Morgan fingerprint density at radius 2 is 1.68 bits per heavy atom. The van der Waals surface area contributed by atoms with Crippen molar-refractivity contribution in [3.63, 3.8) is 0 Å². The molecule has 3 rings (SSSR count). The Bertz CT molecular complexity index is 979. The number of likely N-dealkylation sites (N-methyl/N-ethyl adjacent to an activating group) is 1. The van der Waals surface area contributed by atoms with Gasteiger partial charge < -0.3 is 9.64 Å². The molecule has 0 aliphatic heterocycles. The third-order valence-corrected chi connectivity index (χ3v) is 4.94. The van der Waals surface area contributed by atoms with Crippen LogP contribution in [0.5, 0.6) is 5.75 Å². The number of nitriles is 1. The Morgan fingerprint density at radius 1 is 0.964 bits per heavy atom. The molecular weight excluding hydrogens is 344 g/mol. The molecule has 3 aromatic rings. The van der Waals surface area contributed by atoms with E-state index in [1.807, 2.05) is 48.5 Å². The number of hydrogen-bond acceptors (Lipinski definition) is 3. The molecule has 0 radical (unpaired) electrons. The molecule has 3 heteroatoms. The summed E-state index contributed by atoms with van der Waals surface area (Å²) in [4.78, 5) is 2.33. The van der Waals surface area contributed by atoms with Gasteiger partial charge in [-0.2, -0.15) is 5.26 Å². The van der Waals surface area contributed by atoms with Crippen molar-refractivity contribution < 1.29 is 4.74 Å². The number of nitrogens with zero attached hydrogens (tertiary/aromatic N) is 2. The maximum absolute atomic E-state index is 9.63. The Balaban J connectivity index is 1.71. The van der Waals surface area contributed by atoms with Crippen LogP contribution in [0.2, 0.25) is 0 Å². The van der Waals surface area contributed by atoms with Crippen LogP contribution in [0.15, 0.2) is 66.7 Å². The summed E-state index contributed by atoms with van der Waals surface area (Å²) in [5.41, 5.74) is 2.56. The maximum atomic E-state index is 9.63. The second kappa shape index (κ2) is 9.73. The van der Waals surface area contributed by atoms with E-state index in [4.69, 9.17) is 4.74 Å². The lowest BCUT2D eigenvalue weighted by molar-refractivity contribution is 0.223. The molecule has 0 fully saturated rings. The van der Waals surface area contributed by atoms with Gasteiger partial charge in [0.15, 0.2) is 0 Å². The largest absolute Gasteiger partial charge is 0.492 e. The molecule has 0 atom stereocenters. The molecule has 0 aromatic heterocycles. The fourth-order valence-corrected chi connectivity index (χ4v) is 3.21. The van der Waals surface area contributed by atoms with E-state index in [0.29, 0.717) is 12.2 Å². The van der Waals surface area contributed by atoms with Gasteiger partial charge in [-0.25, -0.2) is 0 Å². The number of ether oxygens (including phenoxy) is 1. The highest BCUT2D eigenvalue weighted by atomic mass is 16.5. The summed E-state index contributed by atoms with van der Waals surface area (Å²) in [5, 5.41) is 12.0. The molecule has 142 valence electrons. The van der Waals surface area contributed by atoms with Gasteiger partial charge in [0.05, 0.1) is 11.6 Å². The standard InChI is InChI=1S/C25H26N2O/c1-3-27(4-2)15-16-28-25-13-11-22(12-14-25)24(19-26)18-20-9-10-21-7-5-6-8-23(21)17-20/h5-14,17-18H,3-4,15-16H2,1-2H3/b24-18+. The monoisotopic (exact) mass is 370 g/mol. The van der Waals surface area contributed by atoms with Crippen LogP contribution in [0.3, 0.4) is 0 Å². The second-order valence-corrected chi connectivity index (χ2v) is 6.68. The minimum atomic E-state index is 0.643. The van der Waals surface area contributed by atoms with Crippen molar-refractivity contribution in [1.29, 1.82) is 5.26 Å². The zero-order chi connectivity index (χ0) is 19.8. The lowest BCUT2D eigenvalue weighted by Gasteiger charge is -2.18. The molecule has 0 amide bonds. The average molecular weight is 370 g/mol. The molecule has 0 aliphatic rings. The van der Waals surface area contributed by atoms with Crippen LogP contribution in [0.25, 0.3) is 22.4 Å². The first-order chi connectivity index (χ1) is 13.7. The number of rotatable bonds is 8. The van der Waals surface area contributed by atoms with Crippen molar-refractivity contribution in [2.75, 3.05) is 26.2 Å². The summed E-state index contributed by atoms with van der Waals surface area (Å²) in [5.74, 6) is 0.832. The third-order valence-electron chi connectivity index (χ3n) is 4.94. The summed E-state index contributed by atoms with van der Waals surface area (Å²) in [6, 6.07) is 24.6. The van der Waals surface area contributed by atoms with Crippen LogP contribution in [0, 0.1) is 11.3 Å². The number of benzene rings is 3. The Hall–Kier alpha value is -3.09. The van der Waals surface area contributed by atoms with E-state index in [2.05, 4.69) is 49.1 Å². The molecule has 0 N–H and O–H groups in total. The smallest absolute Gasteiger partial charge is 0.119 e. The molecule has 0 spiro atoms. The molecule has 28 heavy (non-hydrogen) atoms. The summed E-state index contributed by atoms with van der Waals surface area (Å²) >= 11 is 0. The Kier molecular flexibility index (Phi) is 6.84. The first-order valence-corrected chi connectivity index (χ1v) is 9.79. The van der Waals surface area contributed by atoms with Gasteiger partial charge in [0, 0.05) is 6.54 Å². The molecule has 3 nitrogen and oxygen atoms in total. The predicted octanol–water partition coefficient (Wildman–Crippen LogP) is 5.62. The molecule has 0 bridgehead atoms. The second-order valence-electron chi connectivity index (χ2n) is 6.68. The van der Waals surface area contributed by atoms with Gasteiger partial charge in [-0.15, -0.1) is 0 Å². The zero-order valence-electron chi connectivity index (χ0n) is 16.6. The Morgan fingerprint density at radius 3 is 2.36 bits per heavy atom. The van der Waals surface area contributed by atoms with Crippen molar-refractivity contribution >= 4 is 22.4 Å². The molecule has 3 aromatic carbocycles. The lowest BCUT2D eigenvalue weighted by atomic mass is 10.0. The summed E-state index contributed by atoms with van der Waals surface area (Å²) in [6.07, 6.45) is 1.93. The van der Waals surface area contributed by atoms with Crippen LogP contribution in [-0.4, -0.2) is 31.1 Å². The van der Waals surface area contributed by atoms with E-state index in [9.17, 15) is 5.26 Å². The minimum absolute atomic E-state index is 0.643. The van der Waals surface area contributed by atoms with Crippen molar-refractivity contribution in [1.82, 2.24) is 4.90 Å². The van der Waals surface area contributed by atoms with Crippen molar-refractivity contribution in [2.45, 2.75) is 13.8 Å². The first-order valence-electron chi connectivity index (χ1n) is 9.79. The van der Waals surface area contributed by atoms with Crippen molar-refractivity contribution in [2.24, 2.45) is 0 Å². The predicted molar refractivity (Wildman–Crippen MR) is 117 cm³/mol. The zero-order valence-corrected chi connectivity index (χ0v) is 16.6. The summed E-state index contributed by atoms with van der Waals surface area (Å²) < 4.78 is 5.83. The van der Waals surface area contributed by atoms with Crippen LogP contribution in [0.1, 0.15) is 25.0 Å². The van der Waals surface area contributed by atoms with Gasteiger partial charge in [0.25, 0.3) is 0 Å². The summed E-state index contributed by atoms with van der Waals surface area (Å²) in [6.45, 7) is 7.96. The average Bonchev–Trinajstić information content (AvgIpc) is 2.75. The van der Waals surface area contributed by atoms with Crippen LogP contribution < -0.4 is 4.74 Å². The van der Waals surface area contributed by atoms with E-state index in [1.54, 1.807) is 0 Å². The quantitative estimate of drug-likeness (QED) is 0.381. The van der Waals surface area contributed by atoms with Gasteiger partial charge in [0.2, 0.25) is 0 Å². The van der Waals surface area contributed by atoms with Gasteiger partial charge in [-0.1, -0.05) is 50.2 Å². The molecule has 0 unspecified atom stereocenters. The van der Waals surface area contributed by atoms with Crippen molar-refractivity contribution in [3.05, 3.63) is 77.9 Å². The van der Waals surface area contributed by atoms with E-state index in [-0.39, 0.29) is 0 Å². The van der Waals surface area contributed by atoms with Gasteiger partial charge >= 0.3 is 0 Å². The van der Waals surface area contributed by atoms with E-state index in [1.165, 1.54) is 10.8 Å². The van der Waals surface area contributed by atoms with Gasteiger partial charge in [-0.05, 0) is 71.4 Å². The number of hydrogen-bond donors (Lipinski definition) is 0. The van der Waals surface area contributed by atoms with E-state index in [0.717, 1.165) is 36.5 Å². The van der Waals surface area contributed by atoms with Crippen LogP contribution in [0.4, 0.5) is 0 Å². The fourth-order valence-electron chi connectivity index (χ4n) is 3.21. The molecule has 0 saturated carbocycles. The highest BCUT2D eigenvalue weighted by molar-refractivity contribution is 5.92. The highest BCUT2D eigenvalue weighted by Crippen LogP contribution is 2.23. The minimum Gasteiger partial charge on any atom is -0.492 e. The normalized spacial score (nSPS) is 11.6. The topological polar surface area (TPSA) is 36.3 Å². The third kappa shape index (κ3) is 5.00. The fraction of sp³-hybridized carbons (Fsp3) is 0.240. The Labute approximate surface area is 167 Å². The lowest BCUT2D eigenvalue weighted by Crippen LogP contribution is -2.27. The first kappa shape index (κ1) is 19.7. The van der Waals surface area contributed by atoms with Crippen LogP contribution in [-0.2, 0) is 0 Å². The molecule has 0 heterocycles. The van der Waals surface area contributed by atoms with Crippen molar-refractivity contribution in [3.8, 4) is 11.8 Å². The summed E-state index contributed by atoms with van der Waals surface area (Å²) in [7, 11) is 0. The highest BCUT2D eigenvalue weighted by Gasteiger charge is 2.04. The van der Waals surface area contributed by atoms with Gasteiger partial charge in [0.1, 0.15) is 12.4 Å². The SMILES string of the molecule is CCN(CC)CCOc1ccc(/C(C#N)=C/c2ccc3ccccc3c2)cc1. The maximum Gasteiger partial charge on any atom is 0.119 e. The molecular formula is C25H26N2O.